The molecule has 0 spiro atoms. The zero-order chi connectivity index (χ0) is 13.3. The number of anilines is 1. The predicted molar refractivity (Wildman–Crippen MR) is 80.4 cm³/mol. The first-order chi connectivity index (χ1) is 8.37. The van der Waals surface area contributed by atoms with E-state index in [2.05, 4.69) is 39.1 Å². The standard InChI is InChI=1S/C16H24ClN/c1-11-5-6-13(17)9-15(11)18-14-7-8-16(3,4)10-12(14)2/h5-6,9,12,14,18H,7-8,10H2,1-4H3. The third-order valence-electron chi connectivity index (χ3n) is 4.23. The van der Waals surface area contributed by atoms with E-state index in [0.29, 0.717) is 17.4 Å². The van der Waals surface area contributed by atoms with Crippen LogP contribution < -0.4 is 5.32 Å². The van der Waals surface area contributed by atoms with Crippen molar-refractivity contribution in [3.05, 3.63) is 28.8 Å². The van der Waals surface area contributed by atoms with Crippen molar-refractivity contribution in [2.75, 3.05) is 5.32 Å². The minimum atomic E-state index is 0.501. The van der Waals surface area contributed by atoms with E-state index in [9.17, 15) is 0 Å². The molecule has 1 saturated carbocycles. The summed E-state index contributed by atoms with van der Waals surface area (Å²) in [5, 5.41) is 4.50. The highest BCUT2D eigenvalue weighted by Crippen LogP contribution is 2.39. The number of halogens is 1. The van der Waals surface area contributed by atoms with Crippen LogP contribution in [-0.4, -0.2) is 6.04 Å². The largest absolute Gasteiger partial charge is 0.382 e. The van der Waals surface area contributed by atoms with Crippen LogP contribution in [0, 0.1) is 18.3 Å². The Bertz CT molecular complexity index is 425. The molecular formula is C16H24ClN. The van der Waals surface area contributed by atoms with Crippen LogP contribution in [0.4, 0.5) is 5.69 Å². The molecule has 0 radical (unpaired) electrons. The number of nitrogens with one attached hydrogen (secondary N) is 1. The summed E-state index contributed by atoms with van der Waals surface area (Å²) < 4.78 is 0. The lowest BCUT2D eigenvalue weighted by atomic mass is 9.70. The van der Waals surface area contributed by atoms with Gasteiger partial charge in [0.05, 0.1) is 0 Å². The lowest BCUT2D eigenvalue weighted by molar-refractivity contribution is 0.177. The SMILES string of the molecule is Cc1ccc(Cl)cc1NC1CCC(C)(C)CC1C. The molecule has 0 heterocycles. The molecule has 0 aromatic heterocycles. The maximum atomic E-state index is 6.08. The Morgan fingerprint density at radius 3 is 2.72 bits per heavy atom. The van der Waals surface area contributed by atoms with Gasteiger partial charge in [0.2, 0.25) is 0 Å². The summed E-state index contributed by atoms with van der Waals surface area (Å²) in [6.45, 7) is 9.25. The summed E-state index contributed by atoms with van der Waals surface area (Å²) in [7, 11) is 0. The Hall–Kier alpha value is -0.690. The van der Waals surface area contributed by atoms with E-state index in [1.54, 1.807) is 0 Å². The molecule has 0 aliphatic heterocycles. The molecule has 18 heavy (non-hydrogen) atoms. The smallest absolute Gasteiger partial charge is 0.0426 e. The first-order valence-electron chi connectivity index (χ1n) is 6.90. The second-order valence-electron chi connectivity index (χ2n) is 6.59. The number of hydrogen-bond acceptors (Lipinski definition) is 1. The summed E-state index contributed by atoms with van der Waals surface area (Å²) in [6, 6.07) is 6.66. The van der Waals surface area contributed by atoms with Gasteiger partial charge in [-0.2, -0.15) is 0 Å². The van der Waals surface area contributed by atoms with Crippen LogP contribution in [0.5, 0.6) is 0 Å². The van der Waals surface area contributed by atoms with Crippen LogP contribution in [0.3, 0.4) is 0 Å². The Morgan fingerprint density at radius 1 is 1.33 bits per heavy atom. The molecular weight excluding hydrogens is 242 g/mol. The lowest BCUT2D eigenvalue weighted by Gasteiger charge is -2.40. The average molecular weight is 266 g/mol. The summed E-state index contributed by atoms with van der Waals surface area (Å²) >= 11 is 6.08. The Morgan fingerprint density at radius 2 is 2.06 bits per heavy atom. The van der Waals surface area contributed by atoms with Crippen LogP contribution >= 0.6 is 11.6 Å². The number of aryl methyl sites for hydroxylation is 1. The minimum absolute atomic E-state index is 0.501. The van der Waals surface area contributed by atoms with Crippen LogP contribution in [0.25, 0.3) is 0 Å². The summed E-state index contributed by atoms with van der Waals surface area (Å²) in [4.78, 5) is 0. The third-order valence-corrected chi connectivity index (χ3v) is 4.47. The summed E-state index contributed by atoms with van der Waals surface area (Å²) in [5.41, 5.74) is 2.97. The molecule has 100 valence electrons. The first-order valence-corrected chi connectivity index (χ1v) is 7.28. The van der Waals surface area contributed by atoms with Crippen molar-refractivity contribution >= 4 is 17.3 Å². The first kappa shape index (κ1) is 13.7. The highest BCUT2D eigenvalue weighted by atomic mass is 35.5. The molecule has 1 aliphatic carbocycles. The van der Waals surface area contributed by atoms with Crippen molar-refractivity contribution in [2.45, 2.75) is 53.0 Å². The van der Waals surface area contributed by atoms with Crippen molar-refractivity contribution in [1.82, 2.24) is 0 Å². The fourth-order valence-electron chi connectivity index (χ4n) is 3.11. The highest BCUT2D eigenvalue weighted by Gasteiger charge is 2.32. The lowest BCUT2D eigenvalue weighted by Crippen LogP contribution is -2.37. The molecule has 1 nitrogen and oxygen atoms in total. The van der Waals surface area contributed by atoms with Gasteiger partial charge in [-0.05, 0) is 55.2 Å². The van der Waals surface area contributed by atoms with E-state index in [0.717, 1.165) is 5.02 Å². The minimum Gasteiger partial charge on any atom is -0.382 e. The molecule has 2 atom stereocenters. The molecule has 2 rings (SSSR count). The van der Waals surface area contributed by atoms with Gasteiger partial charge >= 0.3 is 0 Å². The van der Waals surface area contributed by atoms with Gasteiger partial charge in [-0.1, -0.05) is 38.4 Å². The third kappa shape index (κ3) is 3.20. The van der Waals surface area contributed by atoms with Gasteiger partial charge in [0.15, 0.2) is 0 Å². The molecule has 0 bridgehead atoms. The van der Waals surface area contributed by atoms with E-state index in [-0.39, 0.29) is 0 Å². The predicted octanol–water partition coefficient (Wildman–Crippen LogP) is 5.28. The number of hydrogen-bond donors (Lipinski definition) is 1. The fraction of sp³-hybridized carbons (Fsp3) is 0.625. The average Bonchev–Trinajstić information content (AvgIpc) is 2.26. The summed E-state index contributed by atoms with van der Waals surface area (Å²) in [5.74, 6) is 0.715. The van der Waals surface area contributed by atoms with Crippen molar-refractivity contribution in [3.8, 4) is 0 Å². The quantitative estimate of drug-likeness (QED) is 0.768. The van der Waals surface area contributed by atoms with Crippen molar-refractivity contribution in [1.29, 1.82) is 0 Å². The molecule has 1 N–H and O–H groups in total. The van der Waals surface area contributed by atoms with Crippen molar-refractivity contribution in [3.63, 3.8) is 0 Å². The van der Waals surface area contributed by atoms with E-state index in [4.69, 9.17) is 11.6 Å². The van der Waals surface area contributed by atoms with Gasteiger partial charge in [0, 0.05) is 16.8 Å². The summed E-state index contributed by atoms with van der Waals surface area (Å²) in [6.07, 6.45) is 3.85. The second kappa shape index (κ2) is 5.13. The fourth-order valence-corrected chi connectivity index (χ4v) is 3.28. The Kier molecular flexibility index (Phi) is 3.91. The van der Waals surface area contributed by atoms with Crippen LogP contribution in [0.15, 0.2) is 18.2 Å². The highest BCUT2D eigenvalue weighted by molar-refractivity contribution is 6.30. The van der Waals surface area contributed by atoms with Gasteiger partial charge in [0.25, 0.3) is 0 Å². The topological polar surface area (TPSA) is 12.0 Å². The molecule has 0 saturated heterocycles. The van der Waals surface area contributed by atoms with Crippen LogP contribution in [0.2, 0.25) is 5.02 Å². The Labute approximate surface area is 116 Å². The zero-order valence-corrected chi connectivity index (χ0v) is 12.6. The molecule has 1 aromatic rings. The van der Waals surface area contributed by atoms with Gasteiger partial charge in [0.1, 0.15) is 0 Å². The normalized spacial score (nSPS) is 26.9. The van der Waals surface area contributed by atoms with E-state index >= 15 is 0 Å². The van der Waals surface area contributed by atoms with E-state index in [1.807, 2.05) is 12.1 Å². The zero-order valence-electron chi connectivity index (χ0n) is 11.9. The number of benzene rings is 1. The Balaban J connectivity index is 2.08. The molecule has 2 heteroatoms. The molecule has 2 unspecified atom stereocenters. The maximum absolute atomic E-state index is 6.08. The molecule has 1 aromatic carbocycles. The molecule has 0 amide bonds. The van der Waals surface area contributed by atoms with Gasteiger partial charge in [-0.15, -0.1) is 0 Å². The van der Waals surface area contributed by atoms with Crippen LogP contribution in [0.1, 0.15) is 45.6 Å². The van der Waals surface area contributed by atoms with Gasteiger partial charge < -0.3 is 5.32 Å². The van der Waals surface area contributed by atoms with Crippen molar-refractivity contribution in [2.24, 2.45) is 11.3 Å². The van der Waals surface area contributed by atoms with Gasteiger partial charge in [-0.3, -0.25) is 0 Å². The number of rotatable bonds is 2. The second-order valence-corrected chi connectivity index (χ2v) is 7.03. The molecule has 1 fully saturated rings. The maximum Gasteiger partial charge on any atom is 0.0426 e. The van der Waals surface area contributed by atoms with Crippen molar-refractivity contribution < 1.29 is 0 Å². The monoisotopic (exact) mass is 265 g/mol. The van der Waals surface area contributed by atoms with E-state index in [1.165, 1.54) is 30.5 Å². The van der Waals surface area contributed by atoms with E-state index < -0.39 is 0 Å². The van der Waals surface area contributed by atoms with Crippen LogP contribution in [-0.2, 0) is 0 Å². The van der Waals surface area contributed by atoms with Gasteiger partial charge in [-0.25, -0.2) is 0 Å². The molecule has 1 aliphatic rings.